The second-order valence-corrected chi connectivity index (χ2v) is 9.18. The van der Waals surface area contributed by atoms with Gasteiger partial charge in [-0.1, -0.05) is 12.1 Å². The molecule has 1 N–H and O–H groups in total. The molecule has 0 aliphatic carbocycles. The molecule has 0 spiro atoms. The Labute approximate surface area is 182 Å². The van der Waals surface area contributed by atoms with Gasteiger partial charge in [0.15, 0.2) is 0 Å². The minimum Gasteiger partial charge on any atom is -0.494 e. The third kappa shape index (κ3) is 5.34. The summed E-state index contributed by atoms with van der Waals surface area (Å²) in [5.41, 5.74) is 1.21. The minimum atomic E-state index is -3.87. The van der Waals surface area contributed by atoms with E-state index in [4.69, 9.17) is 4.74 Å². The Morgan fingerprint density at radius 2 is 1.84 bits per heavy atom. The molecule has 1 atom stereocenters. The summed E-state index contributed by atoms with van der Waals surface area (Å²) in [6, 6.07) is 10.2. The van der Waals surface area contributed by atoms with Gasteiger partial charge >= 0.3 is 0 Å². The largest absolute Gasteiger partial charge is 0.494 e. The Balaban J connectivity index is 1.61. The van der Waals surface area contributed by atoms with E-state index in [9.17, 15) is 17.6 Å². The zero-order valence-electron chi connectivity index (χ0n) is 18.0. The van der Waals surface area contributed by atoms with Crippen LogP contribution in [0.1, 0.15) is 19.4 Å². The molecule has 1 aliphatic rings. The monoisotopic (exact) mass is 449 g/mol. The van der Waals surface area contributed by atoms with Gasteiger partial charge in [0.2, 0.25) is 15.9 Å². The first-order chi connectivity index (χ1) is 14.7. The van der Waals surface area contributed by atoms with Gasteiger partial charge < -0.3 is 14.5 Å². The molecular weight excluding hydrogens is 421 g/mol. The topological polar surface area (TPSA) is 78.9 Å². The lowest BCUT2D eigenvalue weighted by atomic mass is 10.2. The maximum atomic E-state index is 14.0. The molecule has 1 saturated heterocycles. The number of para-hydroxylation sites is 1. The summed E-state index contributed by atoms with van der Waals surface area (Å²) >= 11 is 0. The molecule has 2 aromatic rings. The highest BCUT2D eigenvalue weighted by molar-refractivity contribution is 7.89. The number of ether oxygens (including phenoxy) is 1. The van der Waals surface area contributed by atoms with Gasteiger partial charge in [0.25, 0.3) is 0 Å². The first-order valence-corrected chi connectivity index (χ1v) is 11.7. The highest BCUT2D eigenvalue weighted by atomic mass is 32.2. The average Bonchev–Trinajstić information content (AvgIpc) is 2.75. The molecule has 0 saturated carbocycles. The number of carbonyl (C=O) groups excluding carboxylic acids is 1. The van der Waals surface area contributed by atoms with Gasteiger partial charge in [0.1, 0.15) is 11.6 Å². The van der Waals surface area contributed by atoms with Crippen molar-refractivity contribution in [3.8, 4) is 5.75 Å². The summed E-state index contributed by atoms with van der Waals surface area (Å²) in [5.74, 6) is 0.0202. The van der Waals surface area contributed by atoms with Crippen LogP contribution in [0.4, 0.5) is 10.1 Å². The third-order valence-electron chi connectivity index (χ3n) is 5.24. The first-order valence-electron chi connectivity index (χ1n) is 10.3. The number of hydrogen-bond donors (Lipinski definition) is 1. The standard InChI is InChI=1S/C22H28FN3O4S/c1-4-30-21-10-9-18(15-16(21)2)31(28,29)24-17(3)22(27)26-13-11-25(12-14-26)20-8-6-5-7-19(20)23/h5-10,15,17,24H,4,11-14H2,1-3H3/t17-/m0/s1. The van der Waals surface area contributed by atoms with Crippen molar-refractivity contribution in [1.29, 1.82) is 0 Å². The second-order valence-electron chi connectivity index (χ2n) is 7.47. The van der Waals surface area contributed by atoms with Gasteiger partial charge in [-0.15, -0.1) is 0 Å². The molecule has 9 heteroatoms. The molecule has 2 aromatic carbocycles. The molecule has 3 rings (SSSR count). The van der Waals surface area contributed by atoms with Crippen molar-refractivity contribution < 1.29 is 22.3 Å². The van der Waals surface area contributed by atoms with Gasteiger partial charge in [-0.2, -0.15) is 4.72 Å². The molecule has 0 radical (unpaired) electrons. The van der Waals surface area contributed by atoms with Gasteiger partial charge in [-0.25, -0.2) is 12.8 Å². The maximum Gasteiger partial charge on any atom is 0.241 e. The fourth-order valence-corrected chi connectivity index (χ4v) is 4.89. The fourth-order valence-electron chi connectivity index (χ4n) is 3.61. The van der Waals surface area contributed by atoms with Crippen LogP contribution in [0.3, 0.4) is 0 Å². The Morgan fingerprint density at radius 3 is 2.45 bits per heavy atom. The van der Waals surface area contributed by atoms with Crippen molar-refractivity contribution in [3.63, 3.8) is 0 Å². The van der Waals surface area contributed by atoms with Crippen LogP contribution in [-0.2, 0) is 14.8 Å². The summed E-state index contributed by atoms with van der Waals surface area (Å²) in [4.78, 5) is 16.4. The average molecular weight is 450 g/mol. The predicted molar refractivity (Wildman–Crippen MR) is 117 cm³/mol. The lowest BCUT2D eigenvalue weighted by Gasteiger charge is -2.37. The third-order valence-corrected chi connectivity index (χ3v) is 6.78. The highest BCUT2D eigenvalue weighted by Crippen LogP contribution is 2.23. The summed E-state index contributed by atoms with van der Waals surface area (Å²) < 4.78 is 47.4. The van der Waals surface area contributed by atoms with Crippen LogP contribution >= 0.6 is 0 Å². The van der Waals surface area contributed by atoms with Crippen molar-refractivity contribution >= 4 is 21.6 Å². The lowest BCUT2D eigenvalue weighted by Crippen LogP contribution is -2.54. The summed E-state index contributed by atoms with van der Waals surface area (Å²) in [6.07, 6.45) is 0. The zero-order chi connectivity index (χ0) is 22.6. The van der Waals surface area contributed by atoms with E-state index < -0.39 is 16.1 Å². The molecule has 0 aromatic heterocycles. The SMILES string of the molecule is CCOc1ccc(S(=O)(=O)N[C@@H](C)C(=O)N2CCN(c3ccccc3F)CC2)cc1C. The number of amides is 1. The fraction of sp³-hybridized carbons (Fsp3) is 0.409. The number of hydrogen-bond acceptors (Lipinski definition) is 5. The molecular formula is C22H28FN3O4S. The van der Waals surface area contributed by atoms with Gasteiger partial charge in [-0.05, 0) is 56.7 Å². The van der Waals surface area contributed by atoms with Crippen LogP contribution in [0, 0.1) is 12.7 Å². The van der Waals surface area contributed by atoms with Crippen molar-refractivity contribution in [3.05, 3.63) is 53.8 Å². The van der Waals surface area contributed by atoms with E-state index in [1.807, 2.05) is 11.8 Å². The van der Waals surface area contributed by atoms with Crippen LogP contribution in [0.2, 0.25) is 0 Å². The number of sulfonamides is 1. The number of nitrogens with zero attached hydrogens (tertiary/aromatic N) is 2. The van der Waals surface area contributed by atoms with E-state index in [1.165, 1.54) is 25.1 Å². The van der Waals surface area contributed by atoms with Crippen LogP contribution in [0.25, 0.3) is 0 Å². The van der Waals surface area contributed by atoms with E-state index in [0.717, 1.165) is 0 Å². The zero-order valence-corrected chi connectivity index (χ0v) is 18.8. The number of carbonyl (C=O) groups is 1. The number of nitrogens with one attached hydrogen (secondary N) is 1. The number of piperazine rings is 1. The van der Waals surface area contributed by atoms with Gasteiger partial charge in [-0.3, -0.25) is 4.79 Å². The van der Waals surface area contributed by atoms with Crippen LogP contribution < -0.4 is 14.4 Å². The first kappa shape index (κ1) is 23.0. The number of aryl methyl sites for hydroxylation is 1. The van der Waals surface area contributed by atoms with Gasteiger partial charge in [0.05, 0.1) is 23.2 Å². The Morgan fingerprint density at radius 1 is 1.16 bits per heavy atom. The highest BCUT2D eigenvalue weighted by Gasteiger charge is 2.29. The van der Waals surface area contributed by atoms with Crippen LogP contribution in [0.15, 0.2) is 47.4 Å². The second kappa shape index (κ2) is 9.65. The quantitative estimate of drug-likeness (QED) is 0.703. The van der Waals surface area contributed by atoms with Crippen LogP contribution in [0.5, 0.6) is 5.75 Å². The number of halogens is 1. The van der Waals surface area contributed by atoms with E-state index in [1.54, 1.807) is 36.1 Å². The lowest BCUT2D eigenvalue weighted by molar-refractivity contribution is -0.132. The smallest absolute Gasteiger partial charge is 0.241 e. The van der Waals surface area contributed by atoms with Crippen molar-refractivity contribution in [2.45, 2.75) is 31.7 Å². The molecule has 168 valence electrons. The number of rotatable bonds is 7. The van der Waals surface area contributed by atoms with Gasteiger partial charge in [0, 0.05) is 26.2 Å². The number of benzene rings is 2. The summed E-state index contributed by atoms with van der Waals surface area (Å²) in [5, 5.41) is 0. The maximum absolute atomic E-state index is 14.0. The molecule has 1 fully saturated rings. The number of anilines is 1. The van der Waals surface area contributed by atoms with E-state index in [-0.39, 0.29) is 16.6 Å². The van der Waals surface area contributed by atoms with Crippen LogP contribution in [-0.4, -0.2) is 58.1 Å². The van der Waals surface area contributed by atoms with Crippen molar-refractivity contribution in [2.24, 2.45) is 0 Å². The molecule has 1 heterocycles. The summed E-state index contributed by atoms with van der Waals surface area (Å²) in [7, 11) is -3.87. The Hall–Kier alpha value is -2.65. The normalized spacial score (nSPS) is 15.6. The molecule has 0 unspecified atom stereocenters. The van der Waals surface area contributed by atoms with E-state index in [2.05, 4.69) is 4.72 Å². The molecule has 31 heavy (non-hydrogen) atoms. The predicted octanol–water partition coefficient (Wildman–Crippen LogP) is 2.55. The molecule has 1 aliphatic heterocycles. The Bertz CT molecular complexity index is 1040. The molecule has 7 nitrogen and oxygen atoms in total. The molecule has 0 bridgehead atoms. The van der Waals surface area contributed by atoms with Crippen molar-refractivity contribution in [2.75, 3.05) is 37.7 Å². The minimum absolute atomic E-state index is 0.0810. The Kier molecular flexibility index (Phi) is 7.17. The van der Waals surface area contributed by atoms with E-state index in [0.29, 0.717) is 49.8 Å². The molecule has 1 amide bonds. The summed E-state index contributed by atoms with van der Waals surface area (Å²) in [6.45, 7) is 7.38. The van der Waals surface area contributed by atoms with E-state index >= 15 is 0 Å². The van der Waals surface area contributed by atoms with Crippen molar-refractivity contribution in [1.82, 2.24) is 9.62 Å².